The topological polar surface area (TPSA) is 66.4 Å². The summed E-state index contributed by atoms with van der Waals surface area (Å²) in [5.74, 6) is -1.17. The van der Waals surface area contributed by atoms with Gasteiger partial charge in [0, 0.05) is 11.6 Å². The lowest BCUT2D eigenvalue weighted by Gasteiger charge is -2.10. The fraction of sp³-hybridized carbons (Fsp3) is 0.333. The summed E-state index contributed by atoms with van der Waals surface area (Å²) >= 11 is 0. The van der Waals surface area contributed by atoms with Crippen molar-refractivity contribution in [3.05, 3.63) is 29.8 Å². The van der Waals surface area contributed by atoms with Gasteiger partial charge in [-0.3, -0.25) is 4.79 Å². The van der Waals surface area contributed by atoms with E-state index in [2.05, 4.69) is 5.32 Å². The number of rotatable bonds is 4. The van der Waals surface area contributed by atoms with E-state index < -0.39 is 5.97 Å². The molecule has 0 fully saturated rings. The molecule has 0 aliphatic heterocycles. The third-order valence-electron chi connectivity index (χ3n) is 2.44. The third kappa shape index (κ3) is 3.08. The molecule has 2 N–H and O–H groups in total. The van der Waals surface area contributed by atoms with Crippen molar-refractivity contribution in [2.45, 2.75) is 20.3 Å². The maximum Gasteiger partial charge on any atom is 0.335 e. The number of carbonyl (C=O) groups is 2. The predicted octanol–water partition coefficient (Wildman–Crippen LogP) is 2.37. The zero-order chi connectivity index (χ0) is 12.1. The van der Waals surface area contributed by atoms with E-state index >= 15 is 0 Å². The van der Waals surface area contributed by atoms with Crippen LogP contribution in [0.4, 0.5) is 5.69 Å². The van der Waals surface area contributed by atoms with Gasteiger partial charge in [-0.1, -0.05) is 19.9 Å². The molecule has 0 spiro atoms. The third-order valence-corrected chi connectivity index (χ3v) is 2.44. The molecule has 4 heteroatoms. The lowest BCUT2D eigenvalue weighted by Crippen LogP contribution is -2.19. The molecular weight excluding hydrogens is 206 g/mol. The number of aromatic carboxylic acids is 1. The van der Waals surface area contributed by atoms with Crippen LogP contribution < -0.4 is 5.32 Å². The van der Waals surface area contributed by atoms with Gasteiger partial charge >= 0.3 is 5.97 Å². The van der Waals surface area contributed by atoms with Crippen LogP contribution in [0.3, 0.4) is 0 Å². The van der Waals surface area contributed by atoms with Crippen LogP contribution >= 0.6 is 0 Å². The van der Waals surface area contributed by atoms with Crippen LogP contribution in [0.25, 0.3) is 0 Å². The lowest BCUT2D eigenvalue weighted by atomic mass is 10.1. The van der Waals surface area contributed by atoms with Crippen LogP contribution in [0.15, 0.2) is 24.3 Å². The highest BCUT2D eigenvalue weighted by Gasteiger charge is 2.11. The summed E-state index contributed by atoms with van der Waals surface area (Å²) < 4.78 is 0. The summed E-state index contributed by atoms with van der Waals surface area (Å²) in [4.78, 5) is 22.3. The molecule has 1 atom stereocenters. The Hall–Kier alpha value is -1.84. The van der Waals surface area contributed by atoms with Crippen molar-refractivity contribution in [2.75, 3.05) is 5.32 Å². The Morgan fingerprint density at radius 2 is 2.12 bits per heavy atom. The molecule has 1 amide bonds. The number of benzene rings is 1. The van der Waals surface area contributed by atoms with E-state index in [0.29, 0.717) is 5.69 Å². The van der Waals surface area contributed by atoms with Crippen LogP contribution in [0.2, 0.25) is 0 Å². The van der Waals surface area contributed by atoms with E-state index in [1.165, 1.54) is 12.1 Å². The van der Waals surface area contributed by atoms with Crippen LogP contribution in [0, 0.1) is 5.92 Å². The normalized spacial score (nSPS) is 11.9. The van der Waals surface area contributed by atoms with Gasteiger partial charge in [-0.05, 0) is 24.6 Å². The highest BCUT2D eigenvalue weighted by atomic mass is 16.4. The number of hydrogen-bond donors (Lipinski definition) is 2. The van der Waals surface area contributed by atoms with Crippen molar-refractivity contribution in [2.24, 2.45) is 5.92 Å². The van der Waals surface area contributed by atoms with Crippen LogP contribution in [0.1, 0.15) is 30.6 Å². The van der Waals surface area contributed by atoms with Gasteiger partial charge in [0.05, 0.1) is 5.56 Å². The van der Waals surface area contributed by atoms with Gasteiger partial charge in [0.25, 0.3) is 0 Å². The fourth-order valence-corrected chi connectivity index (χ4v) is 1.18. The predicted molar refractivity (Wildman–Crippen MR) is 61.5 cm³/mol. The Kier molecular flexibility index (Phi) is 4.05. The second-order valence-electron chi connectivity index (χ2n) is 3.68. The Balaban J connectivity index is 2.78. The minimum atomic E-state index is -1.00. The quantitative estimate of drug-likeness (QED) is 0.820. The van der Waals surface area contributed by atoms with Gasteiger partial charge in [-0.25, -0.2) is 4.79 Å². The van der Waals surface area contributed by atoms with Crippen molar-refractivity contribution in [1.82, 2.24) is 0 Å². The Morgan fingerprint density at radius 3 is 2.69 bits per heavy atom. The van der Waals surface area contributed by atoms with E-state index in [4.69, 9.17) is 5.11 Å². The molecule has 0 saturated heterocycles. The Bertz CT molecular complexity index is 401. The summed E-state index contributed by atoms with van der Waals surface area (Å²) in [6, 6.07) is 6.21. The average molecular weight is 221 g/mol. The van der Waals surface area contributed by atoms with E-state index in [9.17, 15) is 9.59 Å². The summed E-state index contributed by atoms with van der Waals surface area (Å²) in [6.45, 7) is 3.76. The number of amides is 1. The number of anilines is 1. The smallest absolute Gasteiger partial charge is 0.335 e. The molecule has 0 bridgehead atoms. The SMILES string of the molecule is CC[C@H](C)C(=O)Nc1cccc(C(=O)O)c1. The molecule has 0 aliphatic rings. The maximum absolute atomic E-state index is 11.6. The molecule has 1 aromatic carbocycles. The summed E-state index contributed by atoms with van der Waals surface area (Å²) in [5.41, 5.74) is 0.687. The highest BCUT2D eigenvalue weighted by Crippen LogP contribution is 2.12. The first kappa shape index (κ1) is 12.2. The average Bonchev–Trinajstić information content (AvgIpc) is 2.28. The molecular formula is C12H15NO3. The molecule has 0 radical (unpaired) electrons. The van der Waals surface area contributed by atoms with Crippen LogP contribution in [0.5, 0.6) is 0 Å². The fourth-order valence-electron chi connectivity index (χ4n) is 1.18. The van der Waals surface area contributed by atoms with Crippen LogP contribution in [-0.2, 0) is 4.79 Å². The van der Waals surface area contributed by atoms with Gasteiger partial charge in [0.1, 0.15) is 0 Å². The monoisotopic (exact) mass is 221 g/mol. The number of nitrogens with one attached hydrogen (secondary N) is 1. The molecule has 0 aliphatic carbocycles. The number of carboxylic acids is 1. The minimum absolute atomic E-state index is 0.0755. The number of carboxylic acid groups (broad SMARTS) is 1. The first-order chi connectivity index (χ1) is 7.54. The zero-order valence-electron chi connectivity index (χ0n) is 9.36. The number of carbonyl (C=O) groups excluding carboxylic acids is 1. The van der Waals surface area contributed by atoms with Crippen molar-refractivity contribution in [3.63, 3.8) is 0 Å². The molecule has 0 heterocycles. The van der Waals surface area contributed by atoms with Gasteiger partial charge in [-0.15, -0.1) is 0 Å². The van der Waals surface area contributed by atoms with Crippen molar-refractivity contribution < 1.29 is 14.7 Å². The molecule has 16 heavy (non-hydrogen) atoms. The van der Waals surface area contributed by atoms with E-state index in [0.717, 1.165) is 6.42 Å². The van der Waals surface area contributed by atoms with E-state index in [1.54, 1.807) is 12.1 Å². The molecule has 1 aromatic rings. The number of hydrogen-bond acceptors (Lipinski definition) is 2. The summed E-state index contributed by atoms with van der Waals surface area (Å²) in [7, 11) is 0. The van der Waals surface area contributed by atoms with Crippen molar-refractivity contribution in [3.8, 4) is 0 Å². The van der Waals surface area contributed by atoms with Gasteiger partial charge in [0.2, 0.25) is 5.91 Å². The van der Waals surface area contributed by atoms with Gasteiger partial charge < -0.3 is 10.4 Å². The van der Waals surface area contributed by atoms with Crippen molar-refractivity contribution >= 4 is 17.6 Å². The lowest BCUT2D eigenvalue weighted by molar-refractivity contribution is -0.119. The summed E-state index contributed by atoms with van der Waals surface area (Å²) in [5, 5.41) is 11.5. The first-order valence-electron chi connectivity index (χ1n) is 5.18. The largest absolute Gasteiger partial charge is 0.478 e. The van der Waals surface area contributed by atoms with E-state index in [-0.39, 0.29) is 17.4 Å². The zero-order valence-corrected chi connectivity index (χ0v) is 9.36. The Labute approximate surface area is 94.3 Å². The Morgan fingerprint density at radius 1 is 1.44 bits per heavy atom. The van der Waals surface area contributed by atoms with Crippen molar-refractivity contribution in [1.29, 1.82) is 0 Å². The van der Waals surface area contributed by atoms with Crippen LogP contribution in [-0.4, -0.2) is 17.0 Å². The molecule has 0 unspecified atom stereocenters. The van der Waals surface area contributed by atoms with Gasteiger partial charge in [-0.2, -0.15) is 0 Å². The van der Waals surface area contributed by atoms with Gasteiger partial charge in [0.15, 0.2) is 0 Å². The first-order valence-corrected chi connectivity index (χ1v) is 5.18. The molecule has 1 rings (SSSR count). The molecule has 86 valence electrons. The molecule has 4 nitrogen and oxygen atoms in total. The second kappa shape index (κ2) is 5.30. The highest BCUT2D eigenvalue weighted by molar-refractivity contribution is 5.94. The minimum Gasteiger partial charge on any atom is -0.478 e. The molecule has 0 saturated carbocycles. The maximum atomic E-state index is 11.6. The summed E-state index contributed by atoms with van der Waals surface area (Å²) in [6.07, 6.45) is 0.754. The van der Waals surface area contributed by atoms with E-state index in [1.807, 2.05) is 13.8 Å². The molecule has 0 aromatic heterocycles. The second-order valence-corrected chi connectivity index (χ2v) is 3.68. The standard InChI is InChI=1S/C12H15NO3/c1-3-8(2)11(14)13-10-6-4-5-9(7-10)12(15)16/h4-8H,3H2,1-2H3,(H,13,14)(H,15,16)/t8-/m0/s1.